The number of sulfonamides is 1. The van der Waals surface area contributed by atoms with Gasteiger partial charge in [0.15, 0.2) is 11.5 Å². The molecule has 0 atom stereocenters. The molecule has 8 heteroatoms. The van der Waals surface area contributed by atoms with E-state index in [-0.39, 0.29) is 11.7 Å². The maximum absolute atomic E-state index is 12.2. The molecule has 112 valence electrons. The number of ether oxygens (including phenoxy) is 2. The molecule has 1 aromatic heterocycles. The monoisotopic (exact) mass is 345 g/mol. The maximum atomic E-state index is 12.2. The molecule has 0 radical (unpaired) electrons. The van der Waals surface area contributed by atoms with Crippen molar-refractivity contribution in [3.63, 3.8) is 0 Å². The second kappa shape index (κ2) is 5.84. The summed E-state index contributed by atoms with van der Waals surface area (Å²) in [5.74, 6) is 1.00. The average molecular weight is 346 g/mol. The van der Waals surface area contributed by atoms with Crippen LogP contribution in [-0.2, 0) is 16.4 Å². The van der Waals surface area contributed by atoms with Gasteiger partial charge in [-0.05, 0) is 30.7 Å². The standard InChI is InChI=1S/C13H12ClNO4S2/c14-13-4-1-9(20-13)5-6-15-21(16,17)10-2-3-11-12(7-10)19-8-18-11/h1-4,7,15H,5-6,8H2. The molecular formula is C13H12ClNO4S2. The minimum atomic E-state index is -3.56. The summed E-state index contributed by atoms with van der Waals surface area (Å²) in [5.41, 5.74) is 0. The number of nitrogens with one attached hydrogen (secondary N) is 1. The molecule has 5 nitrogen and oxygen atoms in total. The Balaban J connectivity index is 1.66. The first-order valence-corrected chi connectivity index (χ1v) is 8.86. The predicted octanol–water partition coefficient (Wildman–Crippen LogP) is 2.65. The predicted molar refractivity (Wildman–Crippen MR) is 80.8 cm³/mol. The summed E-state index contributed by atoms with van der Waals surface area (Å²) in [6.45, 7) is 0.430. The second-order valence-electron chi connectivity index (χ2n) is 4.37. The minimum Gasteiger partial charge on any atom is -0.454 e. The van der Waals surface area contributed by atoms with Crippen molar-refractivity contribution < 1.29 is 17.9 Å². The van der Waals surface area contributed by atoms with E-state index >= 15 is 0 Å². The first kappa shape index (κ1) is 14.6. The van der Waals surface area contributed by atoms with E-state index in [0.717, 1.165) is 4.88 Å². The van der Waals surface area contributed by atoms with Gasteiger partial charge in [-0.15, -0.1) is 11.3 Å². The van der Waals surface area contributed by atoms with Gasteiger partial charge < -0.3 is 9.47 Å². The van der Waals surface area contributed by atoms with E-state index in [4.69, 9.17) is 21.1 Å². The van der Waals surface area contributed by atoms with Gasteiger partial charge in [-0.1, -0.05) is 11.6 Å². The molecule has 1 aliphatic heterocycles. The van der Waals surface area contributed by atoms with E-state index in [1.54, 1.807) is 12.1 Å². The molecule has 0 saturated carbocycles. The van der Waals surface area contributed by atoms with Crippen molar-refractivity contribution in [3.05, 3.63) is 39.5 Å². The van der Waals surface area contributed by atoms with Crippen LogP contribution in [0.15, 0.2) is 35.2 Å². The van der Waals surface area contributed by atoms with Crippen LogP contribution < -0.4 is 14.2 Å². The number of halogens is 1. The van der Waals surface area contributed by atoms with Crippen LogP contribution in [0.3, 0.4) is 0 Å². The SMILES string of the molecule is O=S(=O)(NCCc1ccc(Cl)s1)c1ccc2c(c1)OCO2. The zero-order chi connectivity index (χ0) is 14.9. The maximum Gasteiger partial charge on any atom is 0.240 e. The fourth-order valence-electron chi connectivity index (χ4n) is 1.92. The van der Waals surface area contributed by atoms with Crippen LogP contribution in [0.4, 0.5) is 0 Å². The zero-order valence-electron chi connectivity index (χ0n) is 10.8. The number of thiophene rings is 1. The van der Waals surface area contributed by atoms with Crippen LogP contribution in [-0.4, -0.2) is 21.8 Å². The van der Waals surface area contributed by atoms with Crippen molar-refractivity contribution in [1.82, 2.24) is 4.72 Å². The normalized spacial score (nSPS) is 13.6. The average Bonchev–Trinajstić information content (AvgIpc) is 3.06. The third-order valence-corrected chi connectivity index (χ3v) is 5.70. The second-order valence-corrected chi connectivity index (χ2v) is 7.94. The molecule has 0 aliphatic carbocycles. The van der Waals surface area contributed by atoms with Gasteiger partial charge in [0, 0.05) is 17.5 Å². The minimum absolute atomic E-state index is 0.116. The topological polar surface area (TPSA) is 64.6 Å². The third-order valence-electron chi connectivity index (χ3n) is 2.95. The molecule has 0 fully saturated rings. The molecule has 1 aromatic carbocycles. The van der Waals surface area contributed by atoms with Gasteiger partial charge in [-0.3, -0.25) is 0 Å². The van der Waals surface area contributed by atoms with Gasteiger partial charge in [0.2, 0.25) is 16.8 Å². The Morgan fingerprint density at radius 1 is 1.19 bits per heavy atom. The Labute approximate surface area is 131 Å². The Bertz CT molecular complexity index is 757. The van der Waals surface area contributed by atoms with Crippen LogP contribution in [0.2, 0.25) is 4.34 Å². The number of rotatable bonds is 5. The van der Waals surface area contributed by atoms with E-state index in [1.807, 2.05) is 6.07 Å². The van der Waals surface area contributed by atoms with Crippen molar-refractivity contribution in [3.8, 4) is 11.5 Å². The Hall–Kier alpha value is -1.28. The molecule has 0 amide bonds. The number of hydrogen-bond donors (Lipinski definition) is 1. The van der Waals surface area contributed by atoms with Gasteiger partial charge in [0.25, 0.3) is 0 Å². The molecule has 2 aromatic rings. The summed E-state index contributed by atoms with van der Waals surface area (Å²) >= 11 is 7.28. The van der Waals surface area contributed by atoms with Crippen molar-refractivity contribution in [2.75, 3.05) is 13.3 Å². The smallest absolute Gasteiger partial charge is 0.240 e. The van der Waals surface area contributed by atoms with E-state index < -0.39 is 10.0 Å². The van der Waals surface area contributed by atoms with Crippen LogP contribution in [0.1, 0.15) is 4.88 Å². The van der Waals surface area contributed by atoms with E-state index in [2.05, 4.69) is 4.72 Å². The van der Waals surface area contributed by atoms with Crippen molar-refractivity contribution in [2.24, 2.45) is 0 Å². The summed E-state index contributed by atoms with van der Waals surface area (Å²) in [6.07, 6.45) is 0.598. The van der Waals surface area contributed by atoms with E-state index in [0.29, 0.717) is 28.8 Å². The lowest BCUT2D eigenvalue weighted by atomic mass is 10.3. The molecular weight excluding hydrogens is 334 g/mol. The fourth-order valence-corrected chi connectivity index (χ4v) is 4.06. The fraction of sp³-hybridized carbons (Fsp3) is 0.231. The van der Waals surface area contributed by atoms with Gasteiger partial charge in [-0.25, -0.2) is 13.1 Å². The van der Waals surface area contributed by atoms with Crippen molar-refractivity contribution in [2.45, 2.75) is 11.3 Å². The van der Waals surface area contributed by atoms with Crippen molar-refractivity contribution >= 4 is 33.0 Å². The van der Waals surface area contributed by atoms with Crippen LogP contribution in [0.25, 0.3) is 0 Å². The molecule has 0 bridgehead atoms. The molecule has 0 spiro atoms. The quantitative estimate of drug-likeness (QED) is 0.904. The van der Waals surface area contributed by atoms with Gasteiger partial charge in [0.05, 0.1) is 9.23 Å². The third kappa shape index (κ3) is 3.32. The van der Waals surface area contributed by atoms with Gasteiger partial charge in [-0.2, -0.15) is 0 Å². The number of benzene rings is 1. The van der Waals surface area contributed by atoms with Crippen molar-refractivity contribution in [1.29, 1.82) is 0 Å². The highest BCUT2D eigenvalue weighted by molar-refractivity contribution is 7.89. The van der Waals surface area contributed by atoms with Crippen LogP contribution in [0.5, 0.6) is 11.5 Å². The van der Waals surface area contributed by atoms with E-state index in [9.17, 15) is 8.42 Å². The van der Waals surface area contributed by atoms with Crippen LogP contribution >= 0.6 is 22.9 Å². The highest BCUT2D eigenvalue weighted by atomic mass is 35.5. The first-order valence-electron chi connectivity index (χ1n) is 6.18. The largest absolute Gasteiger partial charge is 0.454 e. The molecule has 1 N–H and O–H groups in total. The Morgan fingerprint density at radius 2 is 2.00 bits per heavy atom. The molecule has 1 aliphatic rings. The summed E-state index contributed by atoms with van der Waals surface area (Å²) < 4.78 is 38.0. The number of fused-ring (bicyclic) bond motifs is 1. The highest BCUT2D eigenvalue weighted by Crippen LogP contribution is 2.33. The molecule has 3 rings (SSSR count). The lowest BCUT2D eigenvalue weighted by Gasteiger charge is -2.06. The summed E-state index contributed by atoms with van der Waals surface area (Å²) in [7, 11) is -3.56. The van der Waals surface area contributed by atoms with E-state index in [1.165, 1.54) is 23.5 Å². The summed E-state index contributed by atoms with van der Waals surface area (Å²) in [6, 6.07) is 8.25. The highest BCUT2D eigenvalue weighted by Gasteiger charge is 2.19. The first-order chi connectivity index (χ1) is 10.0. The van der Waals surface area contributed by atoms with Gasteiger partial charge in [0.1, 0.15) is 0 Å². The summed E-state index contributed by atoms with van der Waals surface area (Å²) in [5, 5.41) is 0. The summed E-state index contributed by atoms with van der Waals surface area (Å²) in [4.78, 5) is 1.20. The lowest BCUT2D eigenvalue weighted by Crippen LogP contribution is -2.25. The Kier molecular flexibility index (Phi) is 4.08. The zero-order valence-corrected chi connectivity index (χ0v) is 13.2. The Morgan fingerprint density at radius 3 is 2.76 bits per heavy atom. The van der Waals surface area contributed by atoms with Gasteiger partial charge >= 0.3 is 0 Å². The molecule has 2 heterocycles. The molecule has 21 heavy (non-hydrogen) atoms. The molecule has 0 saturated heterocycles. The lowest BCUT2D eigenvalue weighted by molar-refractivity contribution is 0.174. The molecule has 0 unspecified atom stereocenters. The van der Waals surface area contributed by atoms with Crippen LogP contribution in [0, 0.1) is 0 Å². The number of hydrogen-bond acceptors (Lipinski definition) is 5.